The first-order valence-corrected chi connectivity index (χ1v) is 14.7. The van der Waals surface area contributed by atoms with E-state index in [4.69, 9.17) is 18.9 Å². The first-order chi connectivity index (χ1) is 18.8. The molecule has 2 fully saturated rings. The molecule has 40 heavy (non-hydrogen) atoms. The van der Waals surface area contributed by atoms with E-state index >= 15 is 0 Å². The lowest BCUT2D eigenvalue weighted by atomic mass is 9.98. The smallest absolute Gasteiger partial charge is 0.410 e. The normalized spacial score (nSPS) is 17.5. The number of hydrogen-bond acceptors (Lipinski definition) is 6. The van der Waals surface area contributed by atoms with Crippen LogP contribution in [-0.4, -0.2) is 79.3 Å². The SMILES string of the molecule is CC(C)(C)OC(=O)N1CCC(COc2ccc(CCCF)cc2OCC2CCN(C(=O)OC(C)(C)C)CC2)CC1. The van der Waals surface area contributed by atoms with Crippen molar-refractivity contribution >= 4 is 12.2 Å². The van der Waals surface area contributed by atoms with Crippen LogP contribution in [0.25, 0.3) is 0 Å². The van der Waals surface area contributed by atoms with Crippen molar-refractivity contribution in [2.75, 3.05) is 46.1 Å². The van der Waals surface area contributed by atoms with Crippen molar-refractivity contribution in [3.63, 3.8) is 0 Å². The molecule has 2 amide bonds. The molecule has 3 rings (SSSR count). The molecule has 0 radical (unpaired) electrons. The van der Waals surface area contributed by atoms with Gasteiger partial charge in [-0.15, -0.1) is 0 Å². The van der Waals surface area contributed by atoms with Crippen LogP contribution in [0.15, 0.2) is 18.2 Å². The Morgan fingerprint density at radius 1 is 0.775 bits per heavy atom. The zero-order valence-corrected chi connectivity index (χ0v) is 25.3. The van der Waals surface area contributed by atoms with Crippen LogP contribution in [0.1, 0.15) is 79.2 Å². The van der Waals surface area contributed by atoms with Gasteiger partial charge in [0, 0.05) is 26.2 Å². The van der Waals surface area contributed by atoms with Crippen molar-refractivity contribution in [1.82, 2.24) is 9.80 Å². The summed E-state index contributed by atoms with van der Waals surface area (Å²) in [6.45, 7) is 14.5. The van der Waals surface area contributed by atoms with E-state index in [0.717, 1.165) is 31.2 Å². The summed E-state index contributed by atoms with van der Waals surface area (Å²) in [6, 6.07) is 5.86. The second kappa shape index (κ2) is 14.3. The number of nitrogens with zero attached hydrogens (tertiary/aromatic N) is 2. The van der Waals surface area contributed by atoms with Crippen LogP contribution in [0.2, 0.25) is 0 Å². The van der Waals surface area contributed by atoms with Crippen LogP contribution < -0.4 is 9.47 Å². The molecule has 2 heterocycles. The second-order valence-corrected chi connectivity index (χ2v) is 13.0. The van der Waals surface area contributed by atoms with Gasteiger partial charge in [-0.3, -0.25) is 4.39 Å². The molecular formula is C31H49FN2O6. The van der Waals surface area contributed by atoms with E-state index < -0.39 is 11.2 Å². The largest absolute Gasteiger partial charge is 0.489 e. The highest BCUT2D eigenvalue weighted by Gasteiger charge is 2.29. The van der Waals surface area contributed by atoms with Crippen molar-refractivity contribution in [3.05, 3.63) is 23.8 Å². The maximum atomic E-state index is 12.8. The first kappa shape index (κ1) is 31.8. The molecule has 0 spiro atoms. The van der Waals surface area contributed by atoms with Gasteiger partial charge in [-0.25, -0.2) is 9.59 Å². The number of piperidine rings is 2. The standard InChI is InChI=1S/C31H49FN2O6/c1-30(2,3)39-28(35)33-16-11-24(12-17-33)21-37-26-10-9-23(8-7-15-32)20-27(26)38-22-25-13-18-34(19-14-25)29(36)40-31(4,5)6/h9-10,20,24-25H,7-8,11-19,21-22H2,1-6H3. The summed E-state index contributed by atoms with van der Waals surface area (Å²) in [7, 11) is 0. The summed E-state index contributed by atoms with van der Waals surface area (Å²) in [5.41, 5.74) is 0.0136. The summed E-state index contributed by atoms with van der Waals surface area (Å²) in [6.07, 6.45) is 3.97. The fraction of sp³-hybridized carbons (Fsp3) is 0.742. The average molecular weight is 565 g/mol. The Hall–Kier alpha value is -2.71. The van der Waals surface area contributed by atoms with E-state index in [9.17, 15) is 14.0 Å². The van der Waals surface area contributed by atoms with Gasteiger partial charge in [0.2, 0.25) is 0 Å². The van der Waals surface area contributed by atoms with Gasteiger partial charge in [-0.1, -0.05) is 6.07 Å². The molecule has 0 saturated carbocycles. The molecule has 8 nitrogen and oxygen atoms in total. The minimum atomic E-state index is -0.504. The second-order valence-electron chi connectivity index (χ2n) is 13.0. The van der Waals surface area contributed by atoms with Gasteiger partial charge in [0.25, 0.3) is 0 Å². The highest BCUT2D eigenvalue weighted by molar-refractivity contribution is 5.68. The molecule has 1 aromatic carbocycles. The lowest BCUT2D eigenvalue weighted by molar-refractivity contribution is 0.0150. The Balaban J connectivity index is 1.52. The van der Waals surface area contributed by atoms with Gasteiger partial charge >= 0.3 is 12.2 Å². The highest BCUT2D eigenvalue weighted by atomic mass is 19.1. The highest BCUT2D eigenvalue weighted by Crippen LogP contribution is 2.32. The topological polar surface area (TPSA) is 77.5 Å². The lowest BCUT2D eigenvalue weighted by Gasteiger charge is -2.33. The Morgan fingerprint density at radius 2 is 1.23 bits per heavy atom. The third-order valence-corrected chi connectivity index (χ3v) is 7.09. The van der Waals surface area contributed by atoms with Crippen LogP contribution in [0.5, 0.6) is 11.5 Å². The molecule has 9 heteroatoms. The van der Waals surface area contributed by atoms with Crippen molar-refractivity contribution in [3.8, 4) is 11.5 Å². The molecule has 0 atom stereocenters. The van der Waals surface area contributed by atoms with Gasteiger partial charge in [-0.2, -0.15) is 0 Å². The number of ether oxygens (including phenoxy) is 4. The van der Waals surface area contributed by atoms with Crippen LogP contribution in [0.3, 0.4) is 0 Å². The number of alkyl halides is 1. The zero-order valence-electron chi connectivity index (χ0n) is 25.3. The van der Waals surface area contributed by atoms with E-state index in [1.54, 1.807) is 9.80 Å². The number of amides is 2. The van der Waals surface area contributed by atoms with E-state index in [1.807, 2.05) is 59.7 Å². The molecule has 0 aliphatic carbocycles. The predicted octanol–water partition coefficient (Wildman–Crippen LogP) is 6.64. The summed E-state index contributed by atoms with van der Waals surface area (Å²) < 4.78 is 36.3. The zero-order chi connectivity index (χ0) is 29.3. The monoisotopic (exact) mass is 564 g/mol. The molecule has 2 saturated heterocycles. The number of carbonyl (C=O) groups is 2. The maximum absolute atomic E-state index is 12.8. The molecule has 1 aromatic rings. The van der Waals surface area contributed by atoms with E-state index in [1.165, 1.54) is 0 Å². The van der Waals surface area contributed by atoms with E-state index in [-0.39, 0.29) is 18.9 Å². The third kappa shape index (κ3) is 10.7. The minimum absolute atomic E-state index is 0.261. The summed E-state index contributed by atoms with van der Waals surface area (Å²) in [4.78, 5) is 28.3. The van der Waals surface area contributed by atoms with E-state index in [0.29, 0.717) is 75.6 Å². The Bertz CT molecular complexity index is 958. The molecular weight excluding hydrogens is 515 g/mol. The van der Waals surface area contributed by atoms with Gasteiger partial charge in [-0.05, 0) is 110 Å². The van der Waals surface area contributed by atoms with Crippen molar-refractivity contribution in [2.45, 2.75) is 91.3 Å². The predicted molar refractivity (Wildman–Crippen MR) is 153 cm³/mol. The maximum Gasteiger partial charge on any atom is 0.410 e. The van der Waals surface area contributed by atoms with Gasteiger partial charge in [0.15, 0.2) is 11.5 Å². The molecule has 2 aliphatic heterocycles. The summed E-state index contributed by atoms with van der Waals surface area (Å²) >= 11 is 0. The van der Waals surface area contributed by atoms with Crippen molar-refractivity contribution < 1.29 is 32.9 Å². The minimum Gasteiger partial charge on any atom is -0.489 e. The number of halogens is 1. The van der Waals surface area contributed by atoms with Gasteiger partial charge in [0.05, 0.1) is 19.9 Å². The van der Waals surface area contributed by atoms with Gasteiger partial charge < -0.3 is 28.7 Å². The van der Waals surface area contributed by atoms with Gasteiger partial charge in [0.1, 0.15) is 11.2 Å². The number of hydrogen-bond donors (Lipinski definition) is 0. The Morgan fingerprint density at radius 3 is 1.65 bits per heavy atom. The fourth-order valence-corrected chi connectivity index (χ4v) is 4.84. The molecule has 2 aliphatic rings. The summed E-state index contributed by atoms with van der Waals surface area (Å²) in [5, 5.41) is 0. The molecule has 0 bridgehead atoms. The number of aryl methyl sites for hydroxylation is 1. The quantitative estimate of drug-likeness (QED) is 0.335. The molecule has 0 aromatic heterocycles. The number of carbonyl (C=O) groups excluding carboxylic acids is 2. The first-order valence-electron chi connectivity index (χ1n) is 14.7. The number of likely N-dealkylation sites (tertiary alicyclic amines) is 2. The lowest BCUT2D eigenvalue weighted by Crippen LogP contribution is -2.42. The number of benzene rings is 1. The Labute approximate surface area is 239 Å². The average Bonchev–Trinajstić information content (AvgIpc) is 2.88. The third-order valence-electron chi connectivity index (χ3n) is 7.09. The van der Waals surface area contributed by atoms with Crippen molar-refractivity contribution in [2.24, 2.45) is 11.8 Å². The fourth-order valence-electron chi connectivity index (χ4n) is 4.84. The van der Waals surface area contributed by atoms with Crippen LogP contribution in [0.4, 0.5) is 14.0 Å². The molecule has 226 valence electrons. The Kier molecular flexibility index (Phi) is 11.3. The van der Waals surface area contributed by atoms with Crippen LogP contribution in [-0.2, 0) is 15.9 Å². The van der Waals surface area contributed by atoms with Crippen molar-refractivity contribution in [1.29, 1.82) is 0 Å². The van der Waals surface area contributed by atoms with Crippen LogP contribution in [0, 0.1) is 11.8 Å². The molecule has 0 unspecified atom stereocenters. The van der Waals surface area contributed by atoms with Crippen LogP contribution >= 0.6 is 0 Å². The van der Waals surface area contributed by atoms with E-state index in [2.05, 4.69) is 0 Å². The summed E-state index contributed by atoms with van der Waals surface area (Å²) in [5.74, 6) is 2.01. The molecule has 0 N–H and O–H groups in total. The number of rotatable bonds is 9.